The van der Waals surface area contributed by atoms with Crippen molar-refractivity contribution in [1.82, 2.24) is 5.32 Å². The van der Waals surface area contributed by atoms with Crippen LogP contribution in [-0.2, 0) is 4.79 Å². The average molecular weight is 417 g/mol. The second-order valence-corrected chi connectivity index (χ2v) is 7.96. The number of rotatable bonds is 5. The fourth-order valence-corrected chi connectivity index (χ4v) is 4.14. The third-order valence-electron chi connectivity index (χ3n) is 5.52. The van der Waals surface area contributed by atoms with Crippen molar-refractivity contribution in [2.75, 3.05) is 50.8 Å². The van der Waals surface area contributed by atoms with Gasteiger partial charge in [-0.1, -0.05) is 29.8 Å². The SMILES string of the molecule is C[C@H](NC(=O)C[NH+]1CCN(c2ccccc2Cl)CC1)c1ccc2c(c1)OCCO2. The molecule has 2 heterocycles. The fraction of sp³-hybridized carbons (Fsp3) is 0.409. The normalized spacial score (nSPS) is 17.7. The average Bonchev–Trinajstić information content (AvgIpc) is 2.74. The van der Waals surface area contributed by atoms with Crippen LogP contribution in [0.3, 0.4) is 0 Å². The fourth-order valence-electron chi connectivity index (χ4n) is 3.88. The zero-order valence-corrected chi connectivity index (χ0v) is 17.4. The number of carbonyl (C=O) groups excluding carboxylic acids is 1. The summed E-state index contributed by atoms with van der Waals surface area (Å²) in [6, 6.07) is 13.7. The van der Waals surface area contributed by atoms with Gasteiger partial charge in [0.15, 0.2) is 18.0 Å². The van der Waals surface area contributed by atoms with Crippen LogP contribution < -0.4 is 24.6 Å². The smallest absolute Gasteiger partial charge is 0.275 e. The van der Waals surface area contributed by atoms with E-state index in [-0.39, 0.29) is 11.9 Å². The lowest BCUT2D eigenvalue weighted by Gasteiger charge is -2.34. The molecule has 0 radical (unpaired) electrons. The van der Waals surface area contributed by atoms with E-state index in [0.29, 0.717) is 19.8 Å². The van der Waals surface area contributed by atoms with Crippen LogP contribution in [0.15, 0.2) is 42.5 Å². The maximum Gasteiger partial charge on any atom is 0.275 e. The van der Waals surface area contributed by atoms with Gasteiger partial charge in [0.1, 0.15) is 13.2 Å². The Balaban J connectivity index is 1.27. The molecule has 0 saturated carbocycles. The highest BCUT2D eigenvalue weighted by Gasteiger charge is 2.24. The van der Waals surface area contributed by atoms with Gasteiger partial charge in [-0.15, -0.1) is 0 Å². The summed E-state index contributed by atoms with van der Waals surface area (Å²) < 4.78 is 11.2. The van der Waals surface area contributed by atoms with Crippen LogP contribution in [0, 0.1) is 0 Å². The summed E-state index contributed by atoms with van der Waals surface area (Å²) in [6.07, 6.45) is 0. The molecule has 0 aliphatic carbocycles. The Bertz CT molecular complexity index is 868. The van der Waals surface area contributed by atoms with Crippen molar-refractivity contribution in [2.45, 2.75) is 13.0 Å². The molecule has 2 aromatic carbocycles. The Morgan fingerprint density at radius 1 is 1.14 bits per heavy atom. The third-order valence-corrected chi connectivity index (χ3v) is 5.84. The van der Waals surface area contributed by atoms with E-state index in [2.05, 4.69) is 16.3 Å². The number of hydrogen-bond donors (Lipinski definition) is 2. The molecule has 2 aromatic rings. The van der Waals surface area contributed by atoms with E-state index in [9.17, 15) is 4.79 Å². The molecule has 1 amide bonds. The topological polar surface area (TPSA) is 55.2 Å². The van der Waals surface area contributed by atoms with Gasteiger partial charge in [0, 0.05) is 0 Å². The number of piperazine rings is 1. The number of para-hydroxylation sites is 1. The largest absolute Gasteiger partial charge is 0.486 e. The minimum absolute atomic E-state index is 0.0635. The van der Waals surface area contributed by atoms with Crippen LogP contribution in [-0.4, -0.2) is 51.8 Å². The van der Waals surface area contributed by atoms with Crippen molar-refractivity contribution in [3.8, 4) is 11.5 Å². The van der Waals surface area contributed by atoms with Crippen LogP contribution in [0.1, 0.15) is 18.5 Å². The lowest BCUT2D eigenvalue weighted by Crippen LogP contribution is -3.16. The summed E-state index contributed by atoms with van der Waals surface area (Å²) in [6.45, 7) is 7.22. The summed E-state index contributed by atoms with van der Waals surface area (Å²) in [4.78, 5) is 16.2. The highest BCUT2D eigenvalue weighted by molar-refractivity contribution is 6.33. The quantitative estimate of drug-likeness (QED) is 0.779. The van der Waals surface area contributed by atoms with Crippen LogP contribution >= 0.6 is 11.6 Å². The molecular formula is C22H27ClN3O3+. The van der Waals surface area contributed by atoms with Gasteiger partial charge in [0.25, 0.3) is 5.91 Å². The van der Waals surface area contributed by atoms with Crippen molar-refractivity contribution in [3.05, 3.63) is 53.1 Å². The van der Waals surface area contributed by atoms with E-state index in [1.54, 1.807) is 0 Å². The van der Waals surface area contributed by atoms with E-state index in [0.717, 1.165) is 54.0 Å². The number of halogens is 1. The number of quaternary nitrogens is 1. The second kappa shape index (κ2) is 8.93. The summed E-state index contributed by atoms with van der Waals surface area (Å²) in [5.41, 5.74) is 2.09. The number of nitrogens with one attached hydrogen (secondary N) is 2. The van der Waals surface area contributed by atoms with Gasteiger partial charge in [-0.25, -0.2) is 0 Å². The lowest BCUT2D eigenvalue weighted by molar-refractivity contribution is -0.892. The zero-order valence-electron chi connectivity index (χ0n) is 16.6. The maximum absolute atomic E-state index is 12.6. The first-order valence-electron chi connectivity index (χ1n) is 10.1. The molecular weight excluding hydrogens is 390 g/mol. The van der Waals surface area contributed by atoms with Gasteiger partial charge in [0.2, 0.25) is 0 Å². The van der Waals surface area contributed by atoms with Crippen LogP contribution in [0.5, 0.6) is 11.5 Å². The molecule has 29 heavy (non-hydrogen) atoms. The summed E-state index contributed by atoms with van der Waals surface area (Å²) in [5, 5.41) is 3.89. The molecule has 1 fully saturated rings. The Kier molecular flexibility index (Phi) is 6.11. The Hall–Kier alpha value is -2.44. The molecule has 0 spiro atoms. The Labute approximate surface area is 176 Å². The van der Waals surface area contributed by atoms with E-state index < -0.39 is 0 Å². The Morgan fingerprint density at radius 2 is 1.86 bits per heavy atom. The van der Waals surface area contributed by atoms with E-state index in [1.807, 2.05) is 43.3 Å². The number of hydrogen-bond acceptors (Lipinski definition) is 4. The van der Waals surface area contributed by atoms with E-state index in [1.165, 1.54) is 4.90 Å². The monoisotopic (exact) mass is 416 g/mol. The molecule has 0 bridgehead atoms. The summed E-state index contributed by atoms with van der Waals surface area (Å²) in [5.74, 6) is 1.57. The molecule has 4 rings (SSSR count). The molecule has 6 nitrogen and oxygen atoms in total. The molecule has 2 aliphatic rings. The predicted molar refractivity (Wildman–Crippen MR) is 113 cm³/mol. The lowest BCUT2D eigenvalue weighted by atomic mass is 10.1. The highest BCUT2D eigenvalue weighted by atomic mass is 35.5. The van der Waals surface area contributed by atoms with Gasteiger partial charge in [-0.3, -0.25) is 4.79 Å². The molecule has 154 valence electrons. The minimum atomic E-state index is -0.0814. The summed E-state index contributed by atoms with van der Waals surface area (Å²) >= 11 is 6.31. The van der Waals surface area contributed by atoms with Crippen molar-refractivity contribution in [2.24, 2.45) is 0 Å². The number of ether oxygens (including phenoxy) is 2. The van der Waals surface area contributed by atoms with Crippen molar-refractivity contribution < 1.29 is 19.2 Å². The van der Waals surface area contributed by atoms with Crippen molar-refractivity contribution >= 4 is 23.2 Å². The maximum atomic E-state index is 12.6. The van der Waals surface area contributed by atoms with Gasteiger partial charge in [0.05, 0.1) is 42.9 Å². The first kappa shape index (κ1) is 19.9. The van der Waals surface area contributed by atoms with Gasteiger partial charge >= 0.3 is 0 Å². The van der Waals surface area contributed by atoms with Crippen LogP contribution in [0.4, 0.5) is 5.69 Å². The Morgan fingerprint density at radius 3 is 2.62 bits per heavy atom. The van der Waals surface area contributed by atoms with Crippen molar-refractivity contribution in [3.63, 3.8) is 0 Å². The standard InChI is InChI=1S/C22H26ClN3O3/c1-16(17-6-7-20-21(14-17)29-13-12-28-20)24-22(27)15-25-8-10-26(11-9-25)19-5-3-2-4-18(19)23/h2-7,14,16H,8-13,15H2,1H3,(H,24,27)/p+1/t16-/m0/s1. The minimum Gasteiger partial charge on any atom is -0.486 e. The number of anilines is 1. The van der Waals surface area contributed by atoms with E-state index >= 15 is 0 Å². The second-order valence-electron chi connectivity index (χ2n) is 7.56. The molecule has 1 atom stereocenters. The zero-order chi connectivity index (χ0) is 20.2. The number of benzene rings is 2. The highest BCUT2D eigenvalue weighted by Crippen LogP contribution is 2.32. The van der Waals surface area contributed by atoms with Gasteiger partial charge in [-0.2, -0.15) is 0 Å². The van der Waals surface area contributed by atoms with E-state index in [4.69, 9.17) is 21.1 Å². The summed E-state index contributed by atoms with van der Waals surface area (Å²) in [7, 11) is 0. The predicted octanol–water partition coefficient (Wildman–Crippen LogP) is 1.69. The molecule has 1 saturated heterocycles. The molecule has 7 heteroatoms. The first-order chi connectivity index (χ1) is 14.1. The molecule has 0 aromatic heterocycles. The van der Waals surface area contributed by atoms with Crippen LogP contribution in [0.2, 0.25) is 5.02 Å². The number of carbonyl (C=O) groups is 1. The number of amides is 1. The molecule has 2 N–H and O–H groups in total. The molecule has 0 unspecified atom stereocenters. The van der Waals surface area contributed by atoms with Crippen molar-refractivity contribution in [1.29, 1.82) is 0 Å². The number of nitrogens with zero attached hydrogens (tertiary/aromatic N) is 1. The van der Waals surface area contributed by atoms with Gasteiger partial charge < -0.3 is 24.6 Å². The third kappa shape index (κ3) is 4.77. The van der Waals surface area contributed by atoms with Gasteiger partial charge in [-0.05, 0) is 36.8 Å². The number of fused-ring (bicyclic) bond motifs is 1. The van der Waals surface area contributed by atoms with Crippen LogP contribution in [0.25, 0.3) is 0 Å². The first-order valence-corrected chi connectivity index (χ1v) is 10.5. The molecule has 2 aliphatic heterocycles.